The van der Waals surface area contributed by atoms with Gasteiger partial charge in [-0.3, -0.25) is 9.59 Å². The van der Waals surface area contributed by atoms with Gasteiger partial charge in [0, 0.05) is 17.2 Å². The van der Waals surface area contributed by atoms with Crippen molar-refractivity contribution in [1.82, 2.24) is 9.97 Å². The highest BCUT2D eigenvalue weighted by Gasteiger charge is 2.12. The number of carbonyl (C=O) groups excluding carboxylic acids is 1. The van der Waals surface area contributed by atoms with Gasteiger partial charge in [0.05, 0.1) is 24.2 Å². The average molecular weight is 382 g/mol. The van der Waals surface area contributed by atoms with Crippen LogP contribution in [0.5, 0.6) is 5.75 Å². The van der Waals surface area contributed by atoms with Crippen molar-refractivity contribution in [2.45, 2.75) is 31.8 Å². The van der Waals surface area contributed by atoms with Crippen LogP contribution in [0.25, 0.3) is 0 Å². The molecule has 6 nitrogen and oxygen atoms in total. The Balaban J connectivity index is 2.07. The minimum Gasteiger partial charge on any atom is -0.495 e. The van der Waals surface area contributed by atoms with Crippen molar-refractivity contribution < 1.29 is 9.53 Å². The van der Waals surface area contributed by atoms with Crippen molar-refractivity contribution in [2.75, 3.05) is 18.2 Å². The zero-order valence-electron chi connectivity index (χ0n) is 14.5. The molecule has 0 aliphatic carbocycles. The standard InChI is InChI=1S/C17H20ClN3O3S/c1-9(2)12-7-15(22)21-17(20-12)25-8-16(23)19-13-5-10(3)11(18)6-14(13)24-4/h5-7,9H,8H2,1-4H3,(H,19,23)(H,20,21,22). The van der Waals surface area contributed by atoms with Crippen LogP contribution < -0.4 is 15.6 Å². The van der Waals surface area contributed by atoms with Crippen LogP contribution in [0.15, 0.2) is 28.2 Å². The zero-order valence-corrected chi connectivity index (χ0v) is 16.0. The summed E-state index contributed by atoms with van der Waals surface area (Å²) >= 11 is 7.23. The number of hydrogen-bond acceptors (Lipinski definition) is 5. The Morgan fingerprint density at radius 3 is 2.76 bits per heavy atom. The zero-order chi connectivity index (χ0) is 18.6. The molecule has 2 aromatic rings. The lowest BCUT2D eigenvalue weighted by atomic mass is 10.1. The number of amides is 1. The summed E-state index contributed by atoms with van der Waals surface area (Å²) in [6.45, 7) is 5.76. The number of ether oxygens (including phenoxy) is 1. The maximum atomic E-state index is 12.2. The number of aromatic nitrogens is 2. The number of anilines is 1. The largest absolute Gasteiger partial charge is 0.495 e. The molecule has 2 rings (SSSR count). The molecule has 0 bridgehead atoms. The molecule has 0 spiro atoms. The second-order valence-electron chi connectivity index (χ2n) is 5.77. The highest BCUT2D eigenvalue weighted by molar-refractivity contribution is 7.99. The number of thioether (sulfide) groups is 1. The molecule has 1 amide bonds. The first-order valence-corrected chi connectivity index (χ1v) is 9.04. The summed E-state index contributed by atoms with van der Waals surface area (Å²) in [4.78, 5) is 30.9. The van der Waals surface area contributed by atoms with Crippen molar-refractivity contribution in [1.29, 1.82) is 0 Å². The number of hydrogen-bond donors (Lipinski definition) is 2. The molecular weight excluding hydrogens is 362 g/mol. The highest BCUT2D eigenvalue weighted by atomic mass is 35.5. The van der Waals surface area contributed by atoms with E-state index >= 15 is 0 Å². The number of aryl methyl sites for hydroxylation is 1. The molecule has 0 radical (unpaired) electrons. The minimum absolute atomic E-state index is 0.106. The third kappa shape index (κ3) is 5.24. The van der Waals surface area contributed by atoms with Crippen LogP contribution in [0.4, 0.5) is 5.69 Å². The molecule has 0 atom stereocenters. The summed E-state index contributed by atoms with van der Waals surface area (Å²) < 4.78 is 5.24. The number of aromatic amines is 1. The number of nitrogens with one attached hydrogen (secondary N) is 2. The van der Waals surface area contributed by atoms with Crippen LogP contribution in [0.1, 0.15) is 31.0 Å². The van der Waals surface area contributed by atoms with E-state index in [1.807, 2.05) is 20.8 Å². The smallest absolute Gasteiger partial charge is 0.251 e. The SMILES string of the molecule is COc1cc(Cl)c(C)cc1NC(=O)CSc1nc(C(C)C)cc(=O)[nH]1. The number of H-pyrrole nitrogens is 1. The third-order valence-electron chi connectivity index (χ3n) is 3.43. The van der Waals surface area contributed by atoms with E-state index in [0.717, 1.165) is 5.56 Å². The predicted molar refractivity (Wildman–Crippen MR) is 101 cm³/mol. The van der Waals surface area contributed by atoms with Crippen LogP contribution in [0.3, 0.4) is 0 Å². The second kappa shape index (κ2) is 8.40. The molecule has 0 fully saturated rings. The second-order valence-corrected chi connectivity index (χ2v) is 7.14. The van der Waals surface area contributed by atoms with Gasteiger partial charge < -0.3 is 15.0 Å². The van der Waals surface area contributed by atoms with Crippen molar-refractivity contribution in [2.24, 2.45) is 0 Å². The van der Waals surface area contributed by atoms with Gasteiger partial charge in [-0.1, -0.05) is 37.2 Å². The summed E-state index contributed by atoms with van der Waals surface area (Å²) in [7, 11) is 1.51. The van der Waals surface area contributed by atoms with Crippen molar-refractivity contribution in [3.8, 4) is 5.75 Å². The number of rotatable bonds is 6. The van der Waals surface area contributed by atoms with Gasteiger partial charge in [0.1, 0.15) is 5.75 Å². The summed E-state index contributed by atoms with van der Waals surface area (Å²) in [5.41, 5.74) is 1.85. The van der Waals surface area contributed by atoms with E-state index < -0.39 is 0 Å². The molecule has 0 saturated carbocycles. The molecule has 0 unspecified atom stereocenters. The average Bonchev–Trinajstić information content (AvgIpc) is 2.55. The van der Waals surface area contributed by atoms with Crippen LogP contribution in [0.2, 0.25) is 5.02 Å². The number of carbonyl (C=O) groups is 1. The first-order valence-electron chi connectivity index (χ1n) is 7.68. The number of methoxy groups -OCH3 is 1. The first kappa shape index (κ1) is 19.3. The van der Waals surface area contributed by atoms with Crippen LogP contribution in [0, 0.1) is 6.92 Å². The van der Waals surface area contributed by atoms with E-state index in [1.165, 1.54) is 24.9 Å². The summed E-state index contributed by atoms with van der Waals surface area (Å²) in [5, 5.41) is 3.78. The lowest BCUT2D eigenvalue weighted by Crippen LogP contribution is -2.16. The van der Waals surface area contributed by atoms with Crippen molar-refractivity contribution >= 4 is 35.0 Å². The molecule has 2 N–H and O–H groups in total. The highest BCUT2D eigenvalue weighted by Crippen LogP contribution is 2.31. The maximum Gasteiger partial charge on any atom is 0.251 e. The van der Waals surface area contributed by atoms with E-state index in [0.29, 0.717) is 27.3 Å². The summed E-state index contributed by atoms with van der Waals surface area (Å²) in [6.07, 6.45) is 0. The predicted octanol–water partition coefficient (Wildman–Crippen LogP) is 3.59. The number of benzene rings is 1. The van der Waals surface area contributed by atoms with Gasteiger partial charge in [-0.25, -0.2) is 4.98 Å². The third-order valence-corrected chi connectivity index (χ3v) is 4.71. The molecular formula is C17H20ClN3O3S. The summed E-state index contributed by atoms with van der Waals surface area (Å²) in [6, 6.07) is 4.88. The molecule has 134 valence electrons. The molecule has 0 aliphatic heterocycles. The van der Waals surface area contributed by atoms with E-state index in [1.54, 1.807) is 12.1 Å². The lowest BCUT2D eigenvalue weighted by molar-refractivity contribution is -0.113. The van der Waals surface area contributed by atoms with Gasteiger partial charge in [0.2, 0.25) is 5.91 Å². The van der Waals surface area contributed by atoms with Gasteiger partial charge in [0.25, 0.3) is 5.56 Å². The van der Waals surface area contributed by atoms with Gasteiger partial charge in [-0.2, -0.15) is 0 Å². The van der Waals surface area contributed by atoms with Crippen LogP contribution in [-0.4, -0.2) is 28.7 Å². The maximum absolute atomic E-state index is 12.2. The fourth-order valence-corrected chi connectivity index (χ4v) is 2.90. The summed E-state index contributed by atoms with van der Waals surface area (Å²) in [5.74, 6) is 0.497. The van der Waals surface area contributed by atoms with Crippen molar-refractivity contribution in [3.05, 3.63) is 44.8 Å². The molecule has 0 aliphatic rings. The minimum atomic E-state index is -0.234. The van der Waals surface area contributed by atoms with E-state index in [9.17, 15) is 9.59 Å². The van der Waals surface area contributed by atoms with E-state index in [4.69, 9.17) is 16.3 Å². The number of halogens is 1. The molecule has 1 aromatic heterocycles. The van der Waals surface area contributed by atoms with Crippen molar-refractivity contribution in [3.63, 3.8) is 0 Å². The molecule has 25 heavy (non-hydrogen) atoms. The Morgan fingerprint density at radius 1 is 1.40 bits per heavy atom. The fourth-order valence-electron chi connectivity index (χ4n) is 2.07. The molecule has 0 saturated heterocycles. The first-order chi connectivity index (χ1) is 11.8. The normalized spacial score (nSPS) is 10.8. The Bertz CT molecular complexity index is 836. The van der Waals surface area contributed by atoms with Gasteiger partial charge in [-0.15, -0.1) is 0 Å². The Hall–Kier alpha value is -1.99. The Morgan fingerprint density at radius 2 is 2.12 bits per heavy atom. The van der Waals surface area contributed by atoms with Gasteiger partial charge in [-0.05, 0) is 24.5 Å². The Kier molecular flexibility index (Phi) is 6.50. The Labute approximate surface area is 155 Å². The van der Waals surface area contributed by atoms with E-state index in [-0.39, 0.29) is 23.1 Å². The molecule has 1 aromatic carbocycles. The molecule has 1 heterocycles. The van der Waals surface area contributed by atoms with Crippen LogP contribution in [-0.2, 0) is 4.79 Å². The topological polar surface area (TPSA) is 84.1 Å². The van der Waals surface area contributed by atoms with E-state index in [2.05, 4.69) is 15.3 Å². The monoisotopic (exact) mass is 381 g/mol. The van der Waals surface area contributed by atoms with Gasteiger partial charge >= 0.3 is 0 Å². The lowest BCUT2D eigenvalue weighted by Gasteiger charge is -2.12. The fraction of sp³-hybridized carbons (Fsp3) is 0.353. The van der Waals surface area contributed by atoms with Crippen LogP contribution >= 0.6 is 23.4 Å². The molecule has 8 heteroatoms. The van der Waals surface area contributed by atoms with Gasteiger partial charge in [0.15, 0.2) is 5.16 Å². The number of nitrogens with zero attached hydrogens (tertiary/aromatic N) is 1. The quantitative estimate of drug-likeness (QED) is 0.590.